The predicted molar refractivity (Wildman–Crippen MR) is 135 cm³/mol. The summed E-state index contributed by atoms with van der Waals surface area (Å²) in [5, 5.41) is 18.4. The lowest BCUT2D eigenvalue weighted by molar-refractivity contribution is 0.0716. The van der Waals surface area contributed by atoms with Crippen molar-refractivity contribution in [1.29, 1.82) is 0 Å². The first-order chi connectivity index (χ1) is 16.8. The second kappa shape index (κ2) is 9.47. The number of carbonyl (C=O) groups excluding carboxylic acids is 1. The molecule has 2 aromatic heterocycles. The van der Waals surface area contributed by atoms with E-state index in [0.717, 1.165) is 37.2 Å². The molecule has 0 saturated carbocycles. The Kier molecular flexibility index (Phi) is 6.37. The molecule has 2 aliphatic rings. The lowest BCUT2D eigenvalue weighted by Gasteiger charge is -2.44. The number of amides is 1. The standard InChI is InChI=1S/C26H34N6O3/c1-18-17-30(3)8-5-26(18,2)15-19-13-21(22(14-23(19)33)31-9-11-35-12-10-31)29-25(34)20-16-28-32-7-4-6-27-24(20)32/h4,6-7,13-14,16,18,33H,5,8-12,15,17H2,1-3H3,(H,29,34)/t18-,26-/m1/s1. The molecular weight excluding hydrogens is 444 g/mol. The summed E-state index contributed by atoms with van der Waals surface area (Å²) < 4.78 is 7.11. The maximum atomic E-state index is 13.3. The SMILES string of the molecule is C[C@@H]1CN(C)CC[C@]1(C)Cc1cc(NC(=O)c2cnn3cccnc23)c(N2CCOCC2)cc1O. The Balaban J connectivity index is 1.49. The summed E-state index contributed by atoms with van der Waals surface area (Å²) in [6.45, 7) is 9.28. The molecule has 2 fully saturated rings. The maximum Gasteiger partial charge on any atom is 0.261 e. The number of hydrogen-bond acceptors (Lipinski definition) is 7. The van der Waals surface area contributed by atoms with Crippen LogP contribution in [0.5, 0.6) is 5.75 Å². The van der Waals surface area contributed by atoms with Crippen molar-refractivity contribution >= 4 is 22.9 Å². The highest BCUT2D eigenvalue weighted by Crippen LogP contribution is 2.43. The fourth-order valence-corrected chi connectivity index (χ4v) is 5.28. The average Bonchev–Trinajstić information content (AvgIpc) is 3.29. The number of benzene rings is 1. The number of fused-ring (bicyclic) bond motifs is 1. The summed E-state index contributed by atoms with van der Waals surface area (Å²) in [5.74, 6) is 0.487. The van der Waals surface area contributed by atoms with Crippen LogP contribution in [0.25, 0.3) is 5.65 Å². The molecule has 2 N–H and O–H groups in total. The highest BCUT2D eigenvalue weighted by molar-refractivity contribution is 6.09. The normalized spacial score (nSPS) is 23.5. The third-order valence-corrected chi connectivity index (χ3v) is 7.76. The van der Waals surface area contributed by atoms with Crippen LogP contribution in [0.1, 0.15) is 36.2 Å². The first-order valence-corrected chi connectivity index (χ1v) is 12.3. The zero-order valence-corrected chi connectivity index (χ0v) is 20.7. The van der Waals surface area contributed by atoms with Gasteiger partial charge in [0, 0.05) is 38.1 Å². The molecule has 186 valence electrons. The molecule has 35 heavy (non-hydrogen) atoms. The molecule has 0 spiro atoms. The minimum Gasteiger partial charge on any atom is -0.508 e. The van der Waals surface area contributed by atoms with Gasteiger partial charge in [-0.1, -0.05) is 13.8 Å². The van der Waals surface area contributed by atoms with Crippen molar-refractivity contribution in [3.05, 3.63) is 47.9 Å². The van der Waals surface area contributed by atoms with E-state index in [4.69, 9.17) is 4.74 Å². The third-order valence-electron chi connectivity index (χ3n) is 7.76. The summed E-state index contributed by atoms with van der Waals surface area (Å²) in [7, 11) is 2.16. The molecule has 9 heteroatoms. The number of aromatic hydroxyl groups is 1. The molecule has 4 heterocycles. The van der Waals surface area contributed by atoms with Gasteiger partial charge in [-0.25, -0.2) is 9.50 Å². The number of morpholine rings is 1. The molecule has 5 rings (SSSR count). The molecular formula is C26H34N6O3. The molecule has 2 aliphatic heterocycles. The molecule has 1 amide bonds. The van der Waals surface area contributed by atoms with Crippen molar-refractivity contribution in [1.82, 2.24) is 19.5 Å². The average molecular weight is 479 g/mol. The van der Waals surface area contributed by atoms with Crippen LogP contribution < -0.4 is 10.2 Å². The number of carbonyl (C=O) groups is 1. The summed E-state index contributed by atoms with van der Waals surface area (Å²) in [4.78, 5) is 22.2. The lowest BCUT2D eigenvalue weighted by Crippen LogP contribution is -2.44. The van der Waals surface area contributed by atoms with E-state index in [-0.39, 0.29) is 17.1 Å². The van der Waals surface area contributed by atoms with Gasteiger partial charge in [0.05, 0.1) is 30.8 Å². The molecule has 2 atom stereocenters. The van der Waals surface area contributed by atoms with E-state index in [1.165, 1.54) is 6.20 Å². The van der Waals surface area contributed by atoms with Crippen molar-refractivity contribution < 1.29 is 14.6 Å². The molecule has 1 aromatic carbocycles. The summed E-state index contributed by atoms with van der Waals surface area (Å²) in [6.07, 6.45) is 6.76. The van der Waals surface area contributed by atoms with Gasteiger partial charge in [0.2, 0.25) is 0 Å². The van der Waals surface area contributed by atoms with Gasteiger partial charge in [-0.15, -0.1) is 0 Å². The summed E-state index contributed by atoms with van der Waals surface area (Å²) >= 11 is 0. The van der Waals surface area contributed by atoms with Crippen molar-refractivity contribution in [2.45, 2.75) is 26.7 Å². The molecule has 2 saturated heterocycles. The van der Waals surface area contributed by atoms with Crippen LogP contribution in [0.2, 0.25) is 0 Å². The molecule has 3 aromatic rings. The van der Waals surface area contributed by atoms with Crippen molar-refractivity contribution in [2.24, 2.45) is 11.3 Å². The Morgan fingerprint density at radius 1 is 1.29 bits per heavy atom. The fourth-order valence-electron chi connectivity index (χ4n) is 5.28. The topological polar surface area (TPSA) is 95.2 Å². The Hall–Kier alpha value is -3.17. The van der Waals surface area contributed by atoms with Crippen molar-refractivity contribution in [3.8, 4) is 5.75 Å². The number of likely N-dealkylation sites (tertiary alicyclic amines) is 1. The van der Waals surface area contributed by atoms with Gasteiger partial charge in [-0.05, 0) is 55.5 Å². The summed E-state index contributed by atoms with van der Waals surface area (Å²) in [6, 6.07) is 5.52. The smallest absolute Gasteiger partial charge is 0.261 e. The van der Waals surface area contributed by atoms with Gasteiger partial charge in [0.25, 0.3) is 5.91 Å². The number of aromatic nitrogens is 3. The molecule has 0 aliphatic carbocycles. The molecule has 0 bridgehead atoms. The van der Waals surface area contributed by atoms with Crippen LogP contribution in [0.3, 0.4) is 0 Å². The molecule has 0 unspecified atom stereocenters. The minimum atomic E-state index is -0.274. The first-order valence-electron chi connectivity index (χ1n) is 12.3. The highest BCUT2D eigenvalue weighted by atomic mass is 16.5. The van der Waals surface area contributed by atoms with Crippen LogP contribution in [-0.2, 0) is 11.2 Å². The Bertz CT molecular complexity index is 1220. The quantitative estimate of drug-likeness (QED) is 0.544. The van der Waals surface area contributed by atoms with Gasteiger partial charge in [0.15, 0.2) is 5.65 Å². The Morgan fingerprint density at radius 2 is 2.09 bits per heavy atom. The van der Waals surface area contributed by atoms with E-state index < -0.39 is 0 Å². The van der Waals surface area contributed by atoms with Crippen LogP contribution in [0, 0.1) is 11.3 Å². The fraction of sp³-hybridized carbons (Fsp3) is 0.500. The number of phenols is 1. The highest BCUT2D eigenvalue weighted by Gasteiger charge is 2.36. The number of phenolic OH excluding ortho intramolecular Hbond substituents is 1. The summed E-state index contributed by atoms with van der Waals surface area (Å²) in [5.41, 5.74) is 3.32. The number of ether oxygens (including phenoxy) is 1. The number of hydrogen-bond donors (Lipinski definition) is 2. The number of anilines is 2. The number of piperidine rings is 1. The number of nitrogens with one attached hydrogen (secondary N) is 1. The Morgan fingerprint density at radius 3 is 2.86 bits per heavy atom. The number of nitrogens with zero attached hydrogens (tertiary/aromatic N) is 5. The zero-order chi connectivity index (χ0) is 24.6. The second-order valence-corrected chi connectivity index (χ2v) is 10.2. The Labute approximate surface area is 205 Å². The third kappa shape index (κ3) is 4.70. The van der Waals surface area contributed by atoms with Crippen LogP contribution in [-0.4, -0.2) is 77.0 Å². The molecule has 0 radical (unpaired) electrons. The van der Waals surface area contributed by atoms with Gasteiger partial charge >= 0.3 is 0 Å². The first kappa shape index (κ1) is 23.6. The van der Waals surface area contributed by atoms with E-state index in [1.807, 2.05) is 6.07 Å². The molecule has 9 nitrogen and oxygen atoms in total. The van der Waals surface area contributed by atoms with E-state index in [1.54, 1.807) is 29.0 Å². The second-order valence-electron chi connectivity index (χ2n) is 10.2. The van der Waals surface area contributed by atoms with E-state index in [9.17, 15) is 9.90 Å². The van der Waals surface area contributed by atoms with Crippen LogP contribution in [0.15, 0.2) is 36.8 Å². The van der Waals surface area contributed by atoms with E-state index >= 15 is 0 Å². The van der Waals surface area contributed by atoms with Crippen LogP contribution in [0.4, 0.5) is 11.4 Å². The number of rotatable bonds is 5. The minimum absolute atomic E-state index is 0.0676. The van der Waals surface area contributed by atoms with E-state index in [2.05, 4.69) is 46.1 Å². The largest absolute Gasteiger partial charge is 0.508 e. The maximum absolute atomic E-state index is 13.3. The van der Waals surface area contributed by atoms with Gasteiger partial charge in [0.1, 0.15) is 11.3 Å². The monoisotopic (exact) mass is 478 g/mol. The van der Waals surface area contributed by atoms with Gasteiger partial charge in [-0.3, -0.25) is 4.79 Å². The predicted octanol–water partition coefficient (Wildman–Crippen LogP) is 3.04. The van der Waals surface area contributed by atoms with Crippen molar-refractivity contribution in [3.63, 3.8) is 0 Å². The van der Waals surface area contributed by atoms with Gasteiger partial charge in [-0.2, -0.15) is 5.10 Å². The van der Waals surface area contributed by atoms with Gasteiger partial charge < -0.3 is 25.0 Å². The lowest BCUT2D eigenvalue weighted by atomic mass is 9.69. The zero-order valence-electron chi connectivity index (χ0n) is 20.7. The van der Waals surface area contributed by atoms with E-state index in [0.29, 0.717) is 49.1 Å². The van der Waals surface area contributed by atoms with Crippen LogP contribution >= 0.6 is 0 Å². The van der Waals surface area contributed by atoms with Crippen molar-refractivity contribution in [2.75, 3.05) is 56.7 Å².